The predicted octanol–water partition coefficient (Wildman–Crippen LogP) is 5.57. The molecule has 9 heteroatoms. The molecule has 0 radical (unpaired) electrons. The summed E-state index contributed by atoms with van der Waals surface area (Å²) in [6.07, 6.45) is 0. The number of halogens is 1. The van der Waals surface area contributed by atoms with Crippen molar-refractivity contribution in [3.63, 3.8) is 0 Å². The molecule has 36 heavy (non-hydrogen) atoms. The summed E-state index contributed by atoms with van der Waals surface area (Å²) in [6, 6.07) is 18.1. The number of ether oxygens (including phenoxy) is 4. The van der Waals surface area contributed by atoms with Gasteiger partial charge in [-0.2, -0.15) is 0 Å². The second-order valence-corrected chi connectivity index (χ2v) is 8.23. The number of para-hydroxylation sites is 2. The minimum atomic E-state index is -0.267. The average molecular weight is 507 g/mol. The molecule has 0 N–H and O–H groups in total. The standard InChI is InChI=1S/C27H23ClN2O6/c1-32-23-15-22-24(26(34-3)25(23)33-2)20(31)14-21(36-22)16-7-6-8-17(13-16)35-12-11-30-19-10-5-4-9-18(19)29-27(30)28/h4-10,13-15H,11-12H2,1-3H3. The summed E-state index contributed by atoms with van der Waals surface area (Å²) < 4.78 is 30.2. The van der Waals surface area contributed by atoms with E-state index in [0.717, 1.165) is 11.0 Å². The normalized spacial score (nSPS) is 11.1. The van der Waals surface area contributed by atoms with Crippen LogP contribution >= 0.6 is 11.6 Å². The van der Waals surface area contributed by atoms with E-state index in [9.17, 15) is 4.79 Å². The minimum absolute atomic E-state index is 0.259. The Balaban J connectivity index is 1.43. The SMILES string of the molecule is COc1cc2oc(-c3cccc(OCCn4c(Cl)nc5ccccc54)c3)cc(=O)c2c(OC)c1OC. The molecule has 5 rings (SSSR count). The number of fused-ring (bicyclic) bond motifs is 2. The van der Waals surface area contributed by atoms with Crippen LogP contribution in [0.2, 0.25) is 5.28 Å². The number of aromatic nitrogens is 2. The van der Waals surface area contributed by atoms with Crippen LogP contribution in [0.5, 0.6) is 23.0 Å². The molecule has 184 valence electrons. The molecule has 3 aromatic carbocycles. The van der Waals surface area contributed by atoms with Gasteiger partial charge in [0.15, 0.2) is 16.9 Å². The average Bonchev–Trinajstić information content (AvgIpc) is 3.22. The summed E-state index contributed by atoms with van der Waals surface area (Å²) in [5, 5.41) is 0.685. The van der Waals surface area contributed by atoms with E-state index in [2.05, 4.69) is 4.98 Å². The largest absolute Gasteiger partial charge is 0.493 e. The summed E-state index contributed by atoms with van der Waals surface area (Å²) in [7, 11) is 4.45. The number of methoxy groups -OCH3 is 3. The van der Waals surface area contributed by atoms with Crippen molar-refractivity contribution in [3.8, 4) is 34.3 Å². The third-order valence-electron chi connectivity index (χ3n) is 5.83. The van der Waals surface area contributed by atoms with Crippen molar-refractivity contribution in [1.29, 1.82) is 0 Å². The van der Waals surface area contributed by atoms with Crippen molar-refractivity contribution in [2.75, 3.05) is 27.9 Å². The Labute approximate surface area is 211 Å². The molecule has 0 saturated carbocycles. The molecule has 0 spiro atoms. The van der Waals surface area contributed by atoms with Crippen molar-refractivity contribution in [1.82, 2.24) is 9.55 Å². The number of benzene rings is 3. The molecule has 0 atom stereocenters. The van der Waals surface area contributed by atoms with Crippen LogP contribution in [0.1, 0.15) is 0 Å². The van der Waals surface area contributed by atoms with E-state index < -0.39 is 0 Å². The molecule has 0 bridgehead atoms. The monoisotopic (exact) mass is 506 g/mol. The van der Waals surface area contributed by atoms with Crippen molar-refractivity contribution in [2.24, 2.45) is 0 Å². The van der Waals surface area contributed by atoms with Gasteiger partial charge < -0.3 is 27.9 Å². The van der Waals surface area contributed by atoms with Crippen LogP contribution in [0.15, 0.2) is 69.9 Å². The van der Waals surface area contributed by atoms with Crippen molar-refractivity contribution < 1.29 is 23.4 Å². The molecule has 0 saturated heterocycles. The highest BCUT2D eigenvalue weighted by Gasteiger charge is 2.21. The summed E-state index contributed by atoms with van der Waals surface area (Å²) in [5.41, 5.74) is 2.52. The third kappa shape index (κ3) is 4.20. The lowest BCUT2D eigenvalue weighted by atomic mass is 10.1. The first kappa shape index (κ1) is 23.6. The van der Waals surface area contributed by atoms with E-state index in [4.69, 9.17) is 35.0 Å². The molecule has 0 unspecified atom stereocenters. The van der Waals surface area contributed by atoms with E-state index in [1.807, 2.05) is 53.1 Å². The van der Waals surface area contributed by atoms with E-state index >= 15 is 0 Å². The van der Waals surface area contributed by atoms with Gasteiger partial charge >= 0.3 is 0 Å². The van der Waals surface area contributed by atoms with Crippen LogP contribution in [0.4, 0.5) is 0 Å². The Hall–Kier alpha value is -4.17. The second kappa shape index (κ2) is 9.83. The molecule has 0 aliphatic heterocycles. The van der Waals surface area contributed by atoms with Crippen LogP contribution in [-0.2, 0) is 6.54 Å². The van der Waals surface area contributed by atoms with Gasteiger partial charge in [-0.25, -0.2) is 4.98 Å². The molecular formula is C27H23ClN2O6. The topological polar surface area (TPSA) is 85.0 Å². The van der Waals surface area contributed by atoms with Crippen LogP contribution < -0.4 is 24.4 Å². The summed E-state index contributed by atoms with van der Waals surface area (Å²) in [6.45, 7) is 0.898. The zero-order chi connectivity index (χ0) is 25.2. The third-order valence-corrected chi connectivity index (χ3v) is 6.12. The maximum Gasteiger partial charge on any atom is 0.204 e. The van der Waals surface area contributed by atoms with E-state index in [1.165, 1.54) is 27.4 Å². The highest BCUT2D eigenvalue weighted by Crippen LogP contribution is 2.42. The fourth-order valence-electron chi connectivity index (χ4n) is 4.18. The fourth-order valence-corrected chi connectivity index (χ4v) is 4.45. The lowest BCUT2D eigenvalue weighted by Gasteiger charge is -2.14. The smallest absolute Gasteiger partial charge is 0.204 e. The number of rotatable bonds is 8. The lowest BCUT2D eigenvalue weighted by Crippen LogP contribution is -2.08. The summed E-state index contributed by atoms with van der Waals surface area (Å²) in [4.78, 5) is 17.4. The second-order valence-electron chi connectivity index (χ2n) is 7.89. The van der Waals surface area contributed by atoms with Crippen LogP contribution in [0.25, 0.3) is 33.3 Å². The van der Waals surface area contributed by atoms with Gasteiger partial charge in [-0.15, -0.1) is 0 Å². The van der Waals surface area contributed by atoms with Gasteiger partial charge in [0.25, 0.3) is 0 Å². The summed E-state index contributed by atoms with van der Waals surface area (Å²) in [5.74, 6) is 1.99. The van der Waals surface area contributed by atoms with Gasteiger partial charge in [-0.3, -0.25) is 4.79 Å². The van der Waals surface area contributed by atoms with E-state index in [1.54, 1.807) is 6.07 Å². The van der Waals surface area contributed by atoms with Crippen LogP contribution in [-0.4, -0.2) is 37.5 Å². The molecule has 0 fully saturated rings. The molecule has 0 amide bonds. The lowest BCUT2D eigenvalue weighted by molar-refractivity contribution is 0.300. The Bertz CT molecular complexity index is 1620. The molecule has 0 aliphatic carbocycles. The Kier molecular flexibility index (Phi) is 6.43. The van der Waals surface area contributed by atoms with Gasteiger partial charge in [0.05, 0.1) is 38.9 Å². The first-order chi connectivity index (χ1) is 17.5. The number of imidazole rings is 1. The molecule has 2 heterocycles. The fraction of sp³-hybridized carbons (Fsp3) is 0.185. The van der Waals surface area contributed by atoms with Crippen LogP contribution in [0.3, 0.4) is 0 Å². The van der Waals surface area contributed by atoms with Crippen LogP contribution in [0, 0.1) is 0 Å². The quantitative estimate of drug-likeness (QED) is 0.272. The van der Waals surface area contributed by atoms with Gasteiger partial charge in [0, 0.05) is 17.7 Å². The van der Waals surface area contributed by atoms with Gasteiger partial charge in [0.2, 0.25) is 11.0 Å². The molecule has 5 aromatic rings. The maximum atomic E-state index is 13.1. The Morgan fingerprint density at radius 1 is 0.944 bits per heavy atom. The first-order valence-corrected chi connectivity index (χ1v) is 11.5. The predicted molar refractivity (Wildman–Crippen MR) is 138 cm³/mol. The van der Waals surface area contributed by atoms with Gasteiger partial charge in [0.1, 0.15) is 29.1 Å². The number of nitrogens with zero attached hydrogens (tertiary/aromatic N) is 2. The Morgan fingerprint density at radius 3 is 2.53 bits per heavy atom. The van der Waals surface area contributed by atoms with E-state index in [0.29, 0.717) is 52.6 Å². The summed E-state index contributed by atoms with van der Waals surface area (Å²) >= 11 is 6.31. The minimum Gasteiger partial charge on any atom is -0.493 e. The Morgan fingerprint density at radius 2 is 1.75 bits per heavy atom. The zero-order valence-electron chi connectivity index (χ0n) is 19.9. The van der Waals surface area contributed by atoms with Crippen molar-refractivity contribution >= 4 is 33.6 Å². The molecule has 0 aliphatic rings. The van der Waals surface area contributed by atoms with E-state index in [-0.39, 0.29) is 16.6 Å². The van der Waals surface area contributed by atoms with Gasteiger partial charge in [-0.1, -0.05) is 24.3 Å². The first-order valence-electron chi connectivity index (χ1n) is 11.1. The highest BCUT2D eigenvalue weighted by molar-refractivity contribution is 6.29. The molecule has 8 nitrogen and oxygen atoms in total. The molecular weight excluding hydrogens is 484 g/mol. The number of hydrogen-bond donors (Lipinski definition) is 0. The van der Waals surface area contributed by atoms with Crippen molar-refractivity contribution in [2.45, 2.75) is 6.54 Å². The zero-order valence-corrected chi connectivity index (χ0v) is 20.7. The maximum absolute atomic E-state index is 13.1. The van der Waals surface area contributed by atoms with Crippen molar-refractivity contribution in [3.05, 3.63) is 76.2 Å². The highest BCUT2D eigenvalue weighted by atomic mass is 35.5. The van der Waals surface area contributed by atoms with Gasteiger partial charge in [-0.05, 0) is 35.9 Å². The molecule has 2 aromatic heterocycles. The number of hydrogen-bond acceptors (Lipinski definition) is 7.